The summed E-state index contributed by atoms with van der Waals surface area (Å²) in [5, 5.41) is 37.0. The van der Waals surface area contributed by atoms with E-state index in [1.165, 1.54) is 12.0 Å². The summed E-state index contributed by atoms with van der Waals surface area (Å²) in [5.74, 6) is -9.35. The number of carbonyl (C=O) groups is 5. The number of methoxy groups -OCH3 is 3. The second-order valence-corrected chi connectivity index (χ2v) is 22.9. The van der Waals surface area contributed by atoms with Crippen LogP contribution in [-0.4, -0.2) is 144 Å². The molecule has 3 saturated heterocycles. The number of hydrogen-bond donors (Lipinski definition) is 3. The number of nitrogens with zero attached hydrogens (tertiary/aromatic N) is 2. The maximum Gasteiger partial charge on any atom is 0.329 e. The van der Waals surface area contributed by atoms with Crippen molar-refractivity contribution in [3.8, 4) is 0 Å². The highest BCUT2D eigenvalue weighted by Gasteiger charge is 2.57. The summed E-state index contributed by atoms with van der Waals surface area (Å²) in [7, 11) is 4.47. The maximum absolute atomic E-state index is 14.7. The molecule has 8 heterocycles. The molecule has 3 N–H and O–H groups in total. The van der Waals surface area contributed by atoms with E-state index in [0.717, 1.165) is 5.57 Å². The van der Waals surface area contributed by atoms with Gasteiger partial charge < -0.3 is 43.9 Å². The lowest BCUT2D eigenvalue weighted by Crippen LogP contribution is -2.65. The number of hydroxylamine groups is 1. The molecule has 8 bridgehead atoms. The highest BCUT2D eigenvalue weighted by Crippen LogP contribution is 2.46. The average Bonchev–Trinajstić information content (AvgIpc) is 3.37. The first kappa shape index (κ1) is 58.1. The molecule has 16 nitrogen and oxygen atoms in total. The van der Waals surface area contributed by atoms with Crippen LogP contribution >= 0.6 is 23.2 Å². The van der Waals surface area contributed by atoms with Gasteiger partial charge in [0.1, 0.15) is 41.9 Å². The minimum absolute atomic E-state index is 0.0281. The van der Waals surface area contributed by atoms with Gasteiger partial charge in [-0.2, -0.15) is 0 Å². The van der Waals surface area contributed by atoms with E-state index in [9.17, 15) is 39.3 Å². The number of hydrogen-bond acceptors (Lipinski definition) is 15. The molecule has 0 aromatic heterocycles. The fourth-order valence-corrected chi connectivity index (χ4v) is 13.2. The third-order valence-corrected chi connectivity index (χ3v) is 17.7. The van der Waals surface area contributed by atoms with Crippen LogP contribution in [0.4, 0.5) is 5.69 Å². The quantitative estimate of drug-likeness (QED) is 0.145. The van der Waals surface area contributed by atoms with E-state index in [-0.39, 0.29) is 42.8 Å². The number of aliphatic hydroxyl groups is 3. The molecule has 18 heteroatoms. The van der Waals surface area contributed by atoms with Gasteiger partial charge in [0.25, 0.3) is 11.7 Å². The highest BCUT2D eigenvalue weighted by molar-refractivity contribution is 6.39. The highest BCUT2D eigenvalue weighted by atomic mass is 35.5. The zero-order chi connectivity index (χ0) is 53.9. The number of amides is 1. The number of aliphatic hydroxyl groups excluding tert-OH is 2. The topological polar surface area (TPSA) is 208 Å². The third-order valence-electron chi connectivity index (χ3n) is 17.1. The summed E-state index contributed by atoms with van der Waals surface area (Å²) in [6, 6.07) is 3.53. The molecule has 1 aliphatic carbocycles. The Balaban J connectivity index is 1.25. The molecular formula is C56H78Cl2N2O14. The Morgan fingerprint density at radius 3 is 2.23 bits per heavy atom. The van der Waals surface area contributed by atoms with E-state index in [0.29, 0.717) is 79.1 Å². The number of allylic oxidation sites excluding steroid dienone is 1. The normalized spacial score (nSPS) is 40.9. The third kappa shape index (κ3) is 12.4. The van der Waals surface area contributed by atoms with E-state index in [1.807, 2.05) is 32.1 Å². The first-order valence-electron chi connectivity index (χ1n) is 26.5. The molecule has 1 aromatic carbocycles. The Labute approximate surface area is 446 Å². The van der Waals surface area contributed by atoms with Crippen LogP contribution < -0.4 is 5.06 Å². The number of Topliss-reactive ketones (excluding diaryl/α,β-unsaturated/α-hetero) is 3. The first-order valence-corrected chi connectivity index (χ1v) is 27.3. The van der Waals surface area contributed by atoms with Crippen molar-refractivity contribution in [2.24, 2.45) is 41.4 Å². The van der Waals surface area contributed by atoms with E-state index >= 15 is 0 Å². The fraction of sp³-hybridized carbons (Fsp3) is 0.696. The number of esters is 1. The van der Waals surface area contributed by atoms with E-state index in [1.54, 1.807) is 71.3 Å². The number of rotatable bonds is 6. The first-order chi connectivity index (χ1) is 35.1. The molecule has 0 spiro atoms. The van der Waals surface area contributed by atoms with Crippen molar-refractivity contribution >= 4 is 58.1 Å². The predicted molar refractivity (Wildman–Crippen MR) is 277 cm³/mol. The Hall–Kier alpha value is -3.55. The minimum Gasteiger partial charge on any atom is -0.460 e. The molecular weight excluding hydrogens is 996 g/mol. The van der Waals surface area contributed by atoms with Crippen molar-refractivity contribution in [2.75, 3.05) is 32.9 Å². The number of benzene rings is 1. The number of carbonyl (C=O) groups excluding carboxylic acids is 5. The lowest BCUT2D eigenvalue weighted by Gasteiger charge is -2.50. The van der Waals surface area contributed by atoms with Gasteiger partial charge >= 0.3 is 5.97 Å². The van der Waals surface area contributed by atoms with E-state index in [2.05, 4.69) is 0 Å². The van der Waals surface area contributed by atoms with Gasteiger partial charge in [-0.3, -0.25) is 24.0 Å². The summed E-state index contributed by atoms with van der Waals surface area (Å²) in [6.07, 6.45) is 5.24. The monoisotopic (exact) mass is 1070 g/mol. The molecule has 1 amide bonds. The van der Waals surface area contributed by atoms with Crippen LogP contribution in [0.2, 0.25) is 10.0 Å². The minimum atomic E-state index is -2.51. The van der Waals surface area contributed by atoms with Crippen LogP contribution in [0.5, 0.6) is 0 Å². The van der Waals surface area contributed by atoms with Crippen LogP contribution in [0.1, 0.15) is 112 Å². The molecule has 1 saturated carbocycles. The van der Waals surface area contributed by atoms with Gasteiger partial charge in [-0.15, -0.1) is 0 Å². The molecule has 74 heavy (non-hydrogen) atoms. The molecule has 8 aliphatic heterocycles. The number of anilines is 1. The lowest BCUT2D eigenvalue weighted by atomic mass is 9.68. The van der Waals surface area contributed by atoms with Crippen molar-refractivity contribution in [3.63, 3.8) is 0 Å². The summed E-state index contributed by atoms with van der Waals surface area (Å²) >= 11 is 13.6. The van der Waals surface area contributed by atoms with Crippen LogP contribution in [0, 0.1) is 41.4 Å². The van der Waals surface area contributed by atoms with Crippen LogP contribution in [-0.2, 0) is 52.5 Å². The van der Waals surface area contributed by atoms with Gasteiger partial charge in [0.15, 0.2) is 5.78 Å². The fourth-order valence-electron chi connectivity index (χ4n) is 12.7. The van der Waals surface area contributed by atoms with Crippen LogP contribution in [0.25, 0.3) is 0 Å². The average molecular weight is 1070 g/mol. The molecule has 4 fully saturated rings. The van der Waals surface area contributed by atoms with Crippen LogP contribution in [0.15, 0.2) is 53.6 Å². The summed E-state index contributed by atoms with van der Waals surface area (Å²) in [5.41, 5.74) is 1.54. The number of halogens is 2. The number of para-hydroxylation sites is 1. The Kier molecular flexibility index (Phi) is 19.5. The molecule has 10 rings (SSSR count). The zero-order valence-electron chi connectivity index (χ0n) is 44.3. The van der Waals surface area contributed by atoms with Crippen molar-refractivity contribution < 1.29 is 67.8 Å². The molecule has 0 radical (unpaired) electrons. The molecule has 410 valence electrons. The number of piperidine rings is 1. The lowest BCUT2D eigenvalue weighted by molar-refractivity contribution is -0.266. The number of ketones is 3. The Morgan fingerprint density at radius 1 is 0.838 bits per heavy atom. The van der Waals surface area contributed by atoms with Gasteiger partial charge in [0.05, 0.1) is 40.5 Å². The largest absolute Gasteiger partial charge is 0.460 e. The predicted octanol–water partition coefficient (Wildman–Crippen LogP) is 7.34. The van der Waals surface area contributed by atoms with Gasteiger partial charge in [-0.05, 0) is 119 Å². The summed E-state index contributed by atoms with van der Waals surface area (Å²) in [4.78, 5) is 80.1. The van der Waals surface area contributed by atoms with Gasteiger partial charge in [0.2, 0.25) is 5.79 Å². The number of ether oxygens (including phenoxy) is 5. The second kappa shape index (κ2) is 24.8. The second-order valence-electron chi connectivity index (χ2n) is 22.1. The van der Waals surface area contributed by atoms with Gasteiger partial charge in [-0.25, -0.2) is 9.86 Å². The summed E-state index contributed by atoms with van der Waals surface area (Å²) in [6.45, 7) is 10.7. The molecule has 9 aliphatic rings. The maximum atomic E-state index is 14.7. The van der Waals surface area contributed by atoms with Crippen LogP contribution in [0.3, 0.4) is 0 Å². The smallest absolute Gasteiger partial charge is 0.329 e. The van der Waals surface area contributed by atoms with Crippen molar-refractivity contribution in [1.29, 1.82) is 0 Å². The molecule has 3 unspecified atom stereocenters. The van der Waals surface area contributed by atoms with E-state index < -0.39 is 114 Å². The summed E-state index contributed by atoms with van der Waals surface area (Å²) < 4.78 is 29.9. The molecule has 1 aromatic rings. The van der Waals surface area contributed by atoms with Crippen molar-refractivity contribution in [1.82, 2.24) is 4.90 Å². The SMILES string of the molecule is CO[C@H]1C[C@@H]2CC[C@@H](C)[C@@](O)(O2)C(=O)C(=O)N2CCCC3[C@H]2C(=O)O[C@@H](CC(=O)[C@H](C)/C=C(\C)[C@@H](O)[C@@H](OC)C(=O)[C@H](C)C[C@H](C)C2C=CC(/C=C/1C)ON2c1c(Cl)cccc1Cl)[C@H]3C[C@@H]1CC[C@@H](O)[C@H](OC)C1. The Morgan fingerprint density at radius 2 is 1.55 bits per heavy atom. The zero-order valence-corrected chi connectivity index (χ0v) is 45.8. The Bertz CT molecular complexity index is 2290. The van der Waals surface area contributed by atoms with Gasteiger partial charge in [0, 0.05) is 64.4 Å². The van der Waals surface area contributed by atoms with E-state index in [4.69, 9.17) is 51.7 Å². The van der Waals surface area contributed by atoms with Gasteiger partial charge in [-0.1, -0.05) is 75.2 Å². The molecule has 18 atom stereocenters. The van der Waals surface area contributed by atoms with Crippen molar-refractivity contribution in [2.45, 2.75) is 179 Å². The van der Waals surface area contributed by atoms with Crippen molar-refractivity contribution in [3.05, 3.63) is 63.7 Å². The standard InChI is InChI=1S/C56H78Cl2N2O14/c1-29-22-32(4)50(63)52(71-9)51(64)33(5)23-30(2)44(62)28-46-39(25-35-16-20-43(61)47(26-35)70-8)38-12-11-21-59(48(38)55(67)72-46)54(66)53(65)56(68)34(6)15-17-36(73-56)27-45(69-7)31(3)24-37-18-19-42(29)60(74-37)49-40(57)13-10-14-41(49)58/h10,13-14,18-19,23-24,29-30,32,34-39,42-43,45-48,51-52,61,64,68H,11-12,15-17,20-22,25-28H2,1-9H3/b31-24+,33-23+/t29-,30+,32+,34+,35-,36-,37?,38?,39-,42?,43+,45-,46-,47+,48-,51+,52-,56+/m0/s1.